The highest BCUT2D eigenvalue weighted by atomic mass is 79.9. The van der Waals surface area contributed by atoms with E-state index in [0.29, 0.717) is 0 Å². The summed E-state index contributed by atoms with van der Waals surface area (Å²) in [5, 5.41) is 3.16. The fourth-order valence-electron chi connectivity index (χ4n) is 0.657. The molecule has 0 aliphatic carbocycles. The van der Waals surface area contributed by atoms with Gasteiger partial charge < -0.3 is 5.73 Å². The highest BCUT2D eigenvalue weighted by molar-refractivity contribution is 9.10. The van der Waals surface area contributed by atoms with Gasteiger partial charge in [0, 0.05) is 11.8 Å². The molecule has 2 nitrogen and oxygen atoms in total. The first kappa shape index (κ1) is 8.17. The SMILES string of the molecule is NCCCc1nc(Br)cs1. The van der Waals surface area contributed by atoms with Crippen LogP contribution in [0.4, 0.5) is 0 Å². The van der Waals surface area contributed by atoms with Gasteiger partial charge in [0.1, 0.15) is 4.60 Å². The number of aryl methyl sites for hydroxylation is 1. The van der Waals surface area contributed by atoms with Gasteiger partial charge >= 0.3 is 0 Å². The van der Waals surface area contributed by atoms with Crippen molar-refractivity contribution in [3.63, 3.8) is 0 Å². The van der Waals surface area contributed by atoms with Crippen molar-refractivity contribution in [1.29, 1.82) is 0 Å². The molecule has 10 heavy (non-hydrogen) atoms. The standard InChI is InChI=1S/C6H9BrN2S/c7-5-4-10-6(9-5)2-1-3-8/h4H,1-3,8H2. The zero-order chi connectivity index (χ0) is 7.40. The number of nitrogens with zero attached hydrogens (tertiary/aromatic N) is 1. The van der Waals surface area contributed by atoms with Crippen molar-refractivity contribution in [2.24, 2.45) is 5.73 Å². The first-order valence-corrected chi connectivity index (χ1v) is 4.80. The lowest BCUT2D eigenvalue weighted by Gasteiger charge is -1.89. The van der Waals surface area contributed by atoms with Crippen molar-refractivity contribution in [2.75, 3.05) is 6.54 Å². The zero-order valence-corrected chi connectivity index (χ0v) is 7.91. The Labute approximate surface area is 72.6 Å². The normalized spacial score (nSPS) is 10.2. The zero-order valence-electron chi connectivity index (χ0n) is 5.51. The van der Waals surface area contributed by atoms with E-state index in [1.807, 2.05) is 5.38 Å². The minimum absolute atomic E-state index is 0.747. The van der Waals surface area contributed by atoms with E-state index >= 15 is 0 Å². The second-order valence-corrected chi connectivity index (χ2v) is 3.71. The molecule has 0 saturated carbocycles. The molecular weight excluding hydrogens is 212 g/mol. The molecule has 0 bridgehead atoms. The van der Waals surface area contributed by atoms with Gasteiger partial charge in [-0.2, -0.15) is 0 Å². The van der Waals surface area contributed by atoms with Crippen LogP contribution in [0.1, 0.15) is 11.4 Å². The van der Waals surface area contributed by atoms with Crippen LogP contribution in [0.5, 0.6) is 0 Å². The molecule has 0 aliphatic heterocycles. The third-order valence-electron chi connectivity index (χ3n) is 1.12. The summed E-state index contributed by atoms with van der Waals surface area (Å²) in [6.07, 6.45) is 2.03. The molecule has 0 radical (unpaired) electrons. The lowest BCUT2D eigenvalue weighted by Crippen LogP contribution is -1.99. The molecule has 1 aromatic heterocycles. The Hall–Kier alpha value is 0.0700. The van der Waals surface area contributed by atoms with Crippen molar-refractivity contribution in [3.8, 4) is 0 Å². The van der Waals surface area contributed by atoms with Crippen molar-refractivity contribution < 1.29 is 0 Å². The van der Waals surface area contributed by atoms with E-state index in [0.717, 1.165) is 29.0 Å². The molecule has 0 fully saturated rings. The van der Waals surface area contributed by atoms with Gasteiger partial charge in [-0.1, -0.05) is 0 Å². The average molecular weight is 221 g/mol. The van der Waals surface area contributed by atoms with E-state index in [1.54, 1.807) is 11.3 Å². The summed E-state index contributed by atoms with van der Waals surface area (Å²) >= 11 is 4.97. The molecule has 56 valence electrons. The Morgan fingerprint density at radius 3 is 3.00 bits per heavy atom. The molecule has 1 heterocycles. The molecule has 0 amide bonds. The molecule has 0 unspecified atom stereocenters. The van der Waals surface area contributed by atoms with Crippen molar-refractivity contribution in [2.45, 2.75) is 12.8 Å². The van der Waals surface area contributed by atoms with E-state index in [1.165, 1.54) is 0 Å². The van der Waals surface area contributed by atoms with Crippen LogP contribution in [0.25, 0.3) is 0 Å². The second kappa shape index (κ2) is 4.05. The number of thiazole rings is 1. The van der Waals surface area contributed by atoms with Crippen LogP contribution in [0, 0.1) is 0 Å². The summed E-state index contributed by atoms with van der Waals surface area (Å²) in [7, 11) is 0. The molecule has 1 aromatic rings. The van der Waals surface area contributed by atoms with Gasteiger partial charge in [0.15, 0.2) is 0 Å². The summed E-state index contributed by atoms with van der Waals surface area (Å²) in [5.41, 5.74) is 5.35. The quantitative estimate of drug-likeness (QED) is 0.845. The summed E-state index contributed by atoms with van der Waals surface area (Å²) in [6, 6.07) is 0. The van der Waals surface area contributed by atoms with Gasteiger partial charge in [-0.25, -0.2) is 4.98 Å². The fraction of sp³-hybridized carbons (Fsp3) is 0.500. The van der Waals surface area contributed by atoms with Crippen molar-refractivity contribution >= 4 is 27.3 Å². The van der Waals surface area contributed by atoms with Crippen molar-refractivity contribution in [3.05, 3.63) is 15.0 Å². The lowest BCUT2D eigenvalue weighted by atomic mass is 10.3. The highest BCUT2D eigenvalue weighted by Gasteiger charge is 1.96. The van der Waals surface area contributed by atoms with Crippen LogP contribution in [-0.4, -0.2) is 11.5 Å². The monoisotopic (exact) mass is 220 g/mol. The third-order valence-corrected chi connectivity index (χ3v) is 2.74. The fourth-order valence-corrected chi connectivity index (χ4v) is 1.97. The topological polar surface area (TPSA) is 38.9 Å². The molecular formula is C6H9BrN2S. The second-order valence-electron chi connectivity index (χ2n) is 1.96. The minimum atomic E-state index is 0.747. The predicted molar refractivity (Wildman–Crippen MR) is 47.2 cm³/mol. The number of aromatic nitrogens is 1. The number of rotatable bonds is 3. The number of hydrogen-bond donors (Lipinski definition) is 1. The Kier molecular flexibility index (Phi) is 3.31. The van der Waals surface area contributed by atoms with Gasteiger partial charge in [0.2, 0.25) is 0 Å². The lowest BCUT2D eigenvalue weighted by molar-refractivity contribution is 0.825. The van der Waals surface area contributed by atoms with Crippen LogP contribution in [0.3, 0.4) is 0 Å². The predicted octanol–water partition coefficient (Wildman–Crippen LogP) is 1.80. The smallest absolute Gasteiger partial charge is 0.117 e. The molecule has 0 aromatic carbocycles. The Morgan fingerprint density at radius 2 is 2.50 bits per heavy atom. The van der Waals surface area contributed by atoms with Gasteiger partial charge in [0.05, 0.1) is 5.01 Å². The first-order chi connectivity index (χ1) is 4.83. The molecule has 0 atom stereocenters. The summed E-state index contributed by atoms with van der Waals surface area (Å²) in [4.78, 5) is 4.23. The van der Waals surface area contributed by atoms with E-state index in [4.69, 9.17) is 5.73 Å². The molecule has 4 heteroatoms. The molecule has 0 spiro atoms. The van der Waals surface area contributed by atoms with Crippen LogP contribution < -0.4 is 5.73 Å². The Balaban J connectivity index is 2.42. The summed E-state index contributed by atoms with van der Waals surface area (Å²) in [5.74, 6) is 0. The summed E-state index contributed by atoms with van der Waals surface area (Å²) < 4.78 is 0.935. The van der Waals surface area contributed by atoms with Crippen LogP contribution in [0.15, 0.2) is 9.98 Å². The van der Waals surface area contributed by atoms with Gasteiger partial charge in [-0.3, -0.25) is 0 Å². The third kappa shape index (κ3) is 2.36. The molecule has 0 saturated heterocycles. The van der Waals surface area contributed by atoms with Crippen LogP contribution >= 0.6 is 27.3 Å². The van der Waals surface area contributed by atoms with E-state index in [9.17, 15) is 0 Å². The molecule has 2 N–H and O–H groups in total. The molecule has 1 rings (SSSR count). The van der Waals surface area contributed by atoms with Gasteiger partial charge in [0.25, 0.3) is 0 Å². The largest absolute Gasteiger partial charge is 0.330 e. The Morgan fingerprint density at radius 1 is 1.70 bits per heavy atom. The minimum Gasteiger partial charge on any atom is -0.330 e. The Bertz CT molecular complexity index is 199. The van der Waals surface area contributed by atoms with Crippen LogP contribution in [0.2, 0.25) is 0 Å². The van der Waals surface area contributed by atoms with Crippen LogP contribution in [-0.2, 0) is 6.42 Å². The van der Waals surface area contributed by atoms with Crippen molar-refractivity contribution in [1.82, 2.24) is 4.98 Å². The first-order valence-electron chi connectivity index (χ1n) is 3.13. The average Bonchev–Trinajstić information content (AvgIpc) is 2.31. The maximum absolute atomic E-state index is 5.35. The highest BCUT2D eigenvalue weighted by Crippen LogP contribution is 2.15. The molecule has 0 aliphatic rings. The summed E-state index contributed by atoms with van der Waals surface area (Å²) in [6.45, 7) is 0.747. The maximum atomic E-state index is 5.35. The number of nitrogens with two attached hydrogens (primary N) is 1. The maximum Gasteiger partial charge on any atom is 0.117 e. The van der Waals surface area contributed by atoms with E-state index < -0.39 is 0 Å². The number of hydrogen-bond acceptors (Lipinski definition) is 3. The van der Waals surface area contributed by atoms with Gasteiger partial charge in [-0.15, -0.1) is 11.3 Å². The van der Waals surface area contributed by atoms with E-state index in [2.05, 4.69) is 20.9 Å². The van der Waals surface area contributed by atoms with E-state index in [-0.39, 0.29) is 0 Å². The number of halogens is 1. The van der Waals surface area contributed by atoms with Gasteiger partial charge in [-0.05, 0) is 28.9 Å².